The normalized spacial score (nSPS) is 21.2. The number of para-hydroxylation sites is 3. The summed E-state index contributed by atoms with van der Waals surface area (Å²) in [5, 5.41) is 0. The third-order valence-corrected chi connectivity index (χ3v) is 4.24. The fourth-order valence-electron chi connectivity index (χ4n) is 3.03. The largest absolute Gasteiger partial charge is 0.244 e. The van der Waals surface area contributed by atoms with E-state index in [1.165, 1.54) is 5.56 Å². The Bertz CT molecular complexity index is 892. The Balaban J connectivity index is 2.03. The zero-order valence-corrected chi connectivity index (χ0v) is 12.0. The van der Waals surface area contributed by atoms with Gasteiger partial charge in [0.05, 0.1) is 22.1 Å². The predicted molar refractivity (Wildman–Crippen MR) is 87.3 cm³/mol. The topological polar surface area (TPSA) is 25.8 Å². The highest BCUT2D eigenvalue weighted by Gasteiger charge is 2.26. The molecule has 0 aliphatic heterocycles. The zero-order chi connectivity index (χ0) is 14.3. The van der Waals surface area contributed by atoms with E-state index in [9.17, 15) is 0 Å². The molecule has 1 aromatic heterocycles. The van der Waals surface area contributed by atoms with Crippen molar-refractivity contribution in [3.63, 3.8) is 0 Å². The lowest BCUT2D eigenvalue weighted by Crippen LogP contribution is -2.20. The molecular weight excluding hydrogens is 256 g/mol. The Morgan fingerprint density at radius 1 is 0.857 bits per heavy atom. The Morgan fingerprint density at radius 2 is 1.62 bits per heavy atom. The van der Waals surface area contributed by atoms with Crippen LogP contribution in [0.4, 0.5) is 0 Å². The SMILES string of the molecule is CC1(c2cccc3nc4ccccc4nc23)C=CC=CC1. The number of nitrogens with zero attached hydrogens (tertiary/aromatic N) is 2. The molecular formula is C19H16N2. The molecule has 1 heterocycles. The van der Waals surface area contributed by atoms with Crippen LogP contribution in [0.5, 0.6) is 0 Å². The van der Waals surface area contributed by atoms with Crippen molar-refractivity contribution in [2.24, 2.45) is 0 Å². The molecule has 0 saturated carbocycles. The summed E-state index contributed by atoms with van der Waals surface area (Å²) in [6, 6.07) is 14.4. The molecule has 1 aliphatic rings. The van der Waals surface area contributed by atoms with Crippen molar-refractivity contribution < 1.29 is 0 Å². The van der Waals surface area contributed by atoms with Crippen molar-refractivity contribution in [2.45, 2.75) is 18.8 Å². The van der Waals surface area contributed by atoms with E-state index in [2.05, 4.69) is 43.4 Å². The molecule has 0 N–H and O–H groups in total. The molecule has 2 nitrogen and oxygen atoms in total. The Hall–Kier alpha value is -2.48. The molecule has 0 radical (unpaired) electrons. The van der Waals surface area contributed by atoms with Gasteiger partial charge in [0.2, 0.25) is 0 Å². The zero-order valence-electron chi connectivity index (χ0n) is 12.0. The third-order valence-electron chi connectivity index (χ3n) is 4.24. The standard InChI is InChI=1S/C19H16N2/c1-19(12-5-2-6-13-19)14-8-7-11-17-18(14)21-16-10-4-3-9-15(16)20-17/h2-12H,13H2,1H3. The van der Waals surface area contributed by atoms with Gasteiger partial charge in [-0.25, -0.2) is 9.97 Å². The summed E-state index contributed by atoms with van der Waals surface area (Å²) in [5.41, 5.74) is 5.13. The van der Waals surface area contributed by atoms with Crippen LogP contribution < -0.4 is 0 Å². The van der Waals surface area contributed by atoms with Crippen LogP contribution in [0.2, 0.25) is 0 Å². The molecule has 1 atom stereocenters. The van der Waals surface area contributed by atoms with Crippen LogP contribution in [0.15, 0.2) is 66.8 Å². The van der Waals surface area contributed by atoms with E-state index < -0.39 is 0 Å². The van der Waals surface area contributed by atoms with E-state index in [1.54, 1.807) is 0 Å². The Morgan fingerprint density at radius 3 is 2.38 bits per heavy atom. The minimum absolute atomic E-state index is 0.00853. The van der Waals surface area contributed by atoms with Gasteiger partial charge in [0, 0.05) is 5.41 Å². The number of hydrogen-bond acceptors (Lipinski definition) is 2. The van der Waals surface area contributed by atoms with Gasteiger partial charge in [0.15, 0.2) is 0 Å². The maximum atomic E-state index is 4.88. The lowest BCUT2D eigenvalue weighted by molar-refractivity contribution is 0.604. The Labute approximate surface area is 123 Å². The number of hydrogen-bond donors (Lipinski definition) is 0. The van der Waals surface area contributed by atoms with Crippen LogP contribution >= 0.6 is 0 Å². The minimum Gasteiger partial charge on any atom is -0.244 e. The molecule has 0 bridgehead atoms. The summed E-state index contributed by atoms with van der Waals surface area (Å²) >= 11 is 0. The first-order valence-electron chi connectivity index (χ1n) is 7.27. The van der Waals surface area contributed by atoms with Gasteiger partial charge in [-0.2, -0.15) is 0 Å². The monoisotopic (exact) mass is 272 g/mol. The molecule has 4 rings (SSSR count). The average molecular weight is 272 g/mol. The van der Waals surface area contributed by atoms with Crippen LogP contribution in [-0.4, -0.2) is 9.97 Å². The lowest BCUT2D eigenvalue weighted by Gasteiger charge is -2.27. The summed E-state index contributed by atoms with van der Waals surface area (Å²) in [6.45, 7) is 2.26. The van der Waals surface area contributed by atoms with Gasteiger partial charge in [0.25, 0.3) is 0 Å². The molecule has 0 saturated heterocycles. The molecule has 2 aromatic carbocycles. The quantitative estimate of drug-likeness (QED) is 0.607. The summed E-state index contributed by atoms with van der Waals surface area (Å²) in [7, 11) is 0. The smallest absolute Gasteiger partial charge is 0.0935 e. The van der Waals surface area contributed by atoms with Crippen molar-refractivity contribution in [3.8, 4) is 0 Å². The molecule has 1 aliphatic carbocycles. The maximum Gasteiger partial charge on any atom is 0.0935 e. The summed E-state index contributed by atoms with van der Waals surface area (Å²) < 4.78 is 0. The van der Waals surface area contributed by atoms with Crippen LogP contribution in [0, 0.1) is 0 Å². The molecule has 21 heavy (non-hydrogen) atoms. The van der Waals surface area contributed by atoms with Gasteiger partial charge in [-0.05, 0) is 30.2 Å². The lowest BCUT2D eigenvalue weighted by atomic mass is 9.77. The minimum atomic E-state index is -0.00853. The molecule has 2 heteroatoms. The predicted octanol–water partition coefficient (Wildman–Crippen LogP) is 4.56. The van der Waals surface area contributed by atoms with E-state index in [0.29, 0.717) is 0 Å². The maximum absolute atomic E-state index is 4.88. The second-order valence-corrected chi connectivity index (χ2v) is 5.79. The van der Waals surface area contributed by atoms with Crippen molar-refractivity contribution in [3.05, 3.63) is 72.3 Å². The van der Waals surface area contributed by atoms with Crippen molar-refractivity contribution in [2.75, 3.05) is 0 Å². The summed E-state index contributed by atoms with van der Waals surface area (Å²) in [6.07, 6.45) is 9.70. The first kappa shape index (κ1) is 12.3. The molecule has 3 aromatic rings. The highest BCUT2D eigenvalue weighted by atomic mass is 14.8. The van der Waals surface area contributed by atoms with E-state index in [0.717, 1.165) is 28.5 Å². The number of allylic oxidation sites excluding steroid dienone is 4. The van der Waals surface area contributed by atoms with Gasteiger partial charge in [-0.1, -0.05) is 55.5 Å². The van der Waals surface area contributed by atoms with Crippen LogP contribution in [0.25, 0.3) is 22.1 Å². The van der Waals surface area contributed by atoms with E-state index in [-0.39, 0.29) is 5.41 Å². The number of aromatic nitrogens is 2. The van der Waals surface area contributed by atoms with Gasteiger partial charge < -0.3 is 0 Å². The molecule has 0 amide bonds. The van der Waals surface area contributed by atoms with E-state index in [4.69, 9.17) is 9.97 Å². The molecule has 0 fully saturated rings. The molecule has 0 spiro atoms. The van der Waals surface area contributed by atoms with Crippen LogP contribution in [0.3, 0.4) is 0 Å². The van der Waals surface area contributed by atoms with Gasteiger partial charge in [-0.3, -0.25) is 0 Å². The molecule has 102 valence electrons. The van der Waals surface area contributed by atoms with Crippen LogP contribution in [-0.2, 0) is 5.41 Å². The first-order chi connectivity index (χ1) is 10.3. The Kier molecular flexibility index (Phi) is 2.64. The average Bonchev–Trinajstić information content (AvgIpc) is 2.53. The first-order valence-corrected chi connectivity index (χ1v) is 7.27. The highest BCUT2D eigenvalue weighted by Crippen LogP contribution is 2.35. The van der Waals surface area contributed by atoms with Gasteiger partial charge in [0.1, 0.15) is 0 Å². The second kappa shape index (κ2) is 4.52. The summed E-state index contributed by atoms with van der Waals surface area (Å²) in [4.78, 5) is 9.64. The number of rotatable bonds is 1. The van der Waals surface area contributed by atoms with Crippen molar-refractivity contribution in [1.82, 2.24) is 9.97 Å². The van der Waals surface area contributed by atoms with Crippen molar-refractivity contribution in [1.29, 1.82) is 0 Å². The van der Waals surface area contributed by atoms with E-state index >= 15 is 0 Å². The number of fused-ring (bicyclic) bond motifs is 2. The van der Waals surface area contributed by atoms with E-state index in [1.807, 2.05) is 30.3 Å². The van der Waals surface area contributed by atoms with Gasteiger partial charge >= 0.3 is 0 Å². The number of benzene rings is 2. The van der Waals surface area contributed by atoms with Crippen LogP contribution in [0.1, 0.15) is 18.9 Å². The summed E-state index contributed by atoms with van der Waals surface area (Å²) in [5.74, 6) is 0. The van der Waals surface area contributed by atoms with Crippen molar-refractivity contribution >= 4 is 22.1 Å². The fourth-order valence-corrected chi connectivity index (χ4v) is 3.03. The fraction of sp³-hybridized carbons (Fsp3) is 0.158. The third kappa shape index (κ3) is 1.95. The molecule has 1 unspecified atom stereocenters. The highest BCUT2D eigenvalue weighted by molar-refractivity contribution is 5.88. The second-order valence-electron chi connectivity index (χ2n) is 5.79. The van der Waals surface area contributed by atoms with Gasteiger partial charge in [-0.15, -0.1) is 0 Å².